The first-order valence-electron chi connectivity index (χ1n) is 50.5. The van der Waals surface area contributed by atoms with Crippen molar-refractivity contribution in [3.05, 3.63) is 274 Å². The highest BCUT2D eigenvalue weighted by Crippen LogP contribution is 2.20. The number of carbonyl (C=O) groups is 15. The molecule has 13 N–H and O–H groups in total. The van der Waals surface area contributed by atoms with E-state index >= 15 is 33.6 Å². The molecule has 147 heavy (non-hydrogen) atoms. The van der Waals surface area contributed by atoms with Crippen LogP contribution in [0.15, 0.2) is 224 Å². The van der Waals surface area contributed by atoms with Crippen LogP contribution in [0.4, 0.5) is 0 Å². The maximum absolute atomic E-state index is 15.7. The lowest BCUT2D eigenvalue weighted by Gasteiger charge is -2.30. The zero-order chi connectivity index (χ0) is 107. The predicted molar refractivity (Wildman–Crippen MR) is 554 cm³/mol. The van der Waals surface area contributed by atoms with Crippen LogP contribution in [-0.4, -0.2) is 203 Å². The van der Waals surface area contributed by atoms with Crippen LogP contribution in [0.1, 0.15) is 185 Å². The van der Waals surface area contributed by atoms with E-state index in [2.05, 4.69) is 89.5 Å². The van der Waals surface area contributed by atoms with Gasteiger partial charge in [0.25, 0.3) is 0 Å². The van der Waals surface area contributed by atoms with Crippen LogP contribution >= 0.6 is 0 Å². The molecule has 7 aromatic carbocycles. The number of azide groups is 1. The molecule has 12 atom stereocenters. The smallest absolute Gasteiger partial charge is 0.308 e. The normalized spacial score (nSPS) is 13.6. The van der Waals surface area contributed by atoms with E-state index < -0.39 is 174 Å². The summed E-state index contributed by atoms with van der Waals surface area (Å²) in [5.74, 6) is -13.1. The summed E-state index contributed by atoms with van der Waals surface area (Å²) in [6.07, 6.45) is 1.13. The Balaban J connectivity index is 1.02. The number of nitrogens with zero attached hydrogens (tertiary/aromatic N) is 6. The fourth-order valence-electron chi connectivity index (χ4n) is 16.2. The van der Waals surface area contributed by atoms with Crippen LogP contribution in [0.3, 0.4) is 0 Å². The number of rotatable bonds is 64. The molecule has 0 spiro atoms. The Morgan fingerprint density at radius 3 is 0.878 bits per heavy atom. The Bertz CT molecular complexity index is 5550. The van der Waals surface area contributed by atoms with Gasteiger partial charge in [0, 0.05) is 62.7 Å². The highest BCUT2D eigenvalue weighted by atomic mass is 16.5. The fourth-order valence-corrected chi connectivity index (χ4v) is 16.2. The first-order valence-corrected chi connectivity index (χ1v) is 50.5. The van der Waals surface area contributed by atoms with Gasteiger partial charge in [-0.2, -0.15) is 0 Å². The number of aromatic nitrogens is 3. The maximum atomic E-state index is 15.7. The van der Waals surface area contributed by atoms with Gasteiger partial charge < -0.3 is 83.3 Å². The second-order valence-electron chi connectivity index (χ2n) is 38.8. The zero-order valence-corrected chi connectivity index (χ0v) is 85.9. The molecule has 0 aliphatic heterocycles. The van der Waals surface area contributed by atoms with Crippen LogP contribution in [0.2, 0.25) is 0 Å². The molecule has 0 radical (unpaired) electrons. The number of esters is 2. The summed E-state index contributed by atoms with van der Waals surface area (Å²) in [5.41, 5.74) is 13.1. The first-order chi connectivity index (χ1) is 70.6. The van der Waals surface area contributed by atoms with Gasteiger partial charge in [-0.1, -0.05) is 299 Å². The topological polar surface area (TPSA) is 520 Å². The summed E-state index contributed by atoms with van der Waals surface area (Å²) in [5, 5.41) is 48.5. The summed E-state index contributed by atoms with van der Waals surface area (Å²) in [6, 6.07) is 43.4. The number of aryl methyl sites for hydroxylation is 1. The highest BCUT2D eigenvalue weighted by Gasteiger charge is 2.40. The molecule has 0 aliphatic carbocycles. The van der Waals surface area contributed by atoms with Crippen LogP contribution in [-0.2, 0) is 144 Å². The summed E-state index contributed by atoms with van der Waals surface area (Å²) >= 11 is 0. The van der Waals surface area contributed by atoms with E-state index in [4.69, 9.17) is 19.7 Å². The van der Waals surface area contributed by atoms with E-state index in [0.717, 1.165) is 0 Å². The molecule has 0 bridgehead atoms. The van der Waals surface area contributed by atoms with Gasteiger partial charge in [0.05, 0.1) is 38.3 Å². The molecule has 0 saturated heterocycles. The Morgan fingerprint density at radius 2 is 0.592 bits per heavy atom. The average molecular weight is 2020 g/mol. The Hall–Kier alpha value is -15.0. The minimum absolute atomic E-state index is 0.0168. The molecular weight excluding hydrogens is 1880 g/mol. The monoisotopic (exact) mass is 2020 g/mol. The summed E-state index contributed by atoms with van der Waals surface area (Å²) in [6.45, 7) is 21.3. The number of hydrogen-bond acceptors (Lipinski definition) is 21. The average Bonchev–Trinajstić information content (AvgIpc) is 1.82. The molecule has 37 heteroatoms. The summed E-state index contributed by atoms with van der Waals surface area (Å²) < 4.78 is 18.2. The van der Waals surface area contributed by atoms with Gasteiger partial charge in [0.1, 0.15) is 85.7 Å². The van der Waals surface area contributed by atoms with Gasteiger partial charge in [0.15, 0.2) is 0 Å². The Labute approximate surface area is 860 Å². The van der Waals surface area contributed by atoms with E-state index in [1.807, 2.05) is 69.2 Å². The van der Waals surface area contributed by atoms with Crippen molar-refractivity contribution in [2.24, 2.45) is 34.7 Å². The van der Waals surface area contributed by atoms with Crippen molar-refractivity contribution in [3.63, 3.8) is 0 Å². The third-order valence-electron chi connectivity index (χ3n) is 23.6. The van der Waals surface area contributed by atoms with Crippen LogP contribution in [0, 0.1) is 29.6 Å². The van der Waals surface area contributed by atoms with Gasteiger partial charge in [-0.15, -0.1) is 5.10 Å². The van der Waals surface area contributed by atoms with Gasteiger partial charge in [-0.05, 0) is 125 Å². The lowest BCUT2D eigenvalue weighted by Crippen LogP contribution is -2.62. The van der Waals surface area contributed by atoms with Crippen molar-refractivity contribution in [1.29, 1.82) is 0 Å². The molecule has 8 rings (SSSR count). The number of benzene rings is 7. The lowest BCUT2D eigenvalue weighted by atomic mass is 9.97. The molecule has 8 aromatic rings. The quantitative estimate of drug-likeness (QED) is 0.00555. The number of carbonyl (C=O) groups excluding carboxylic acids is 15. The predicted octanol–water partition coefficient (Wildman–Crippen LogP) is 8.98. The van der Waals surface area contributed by atoms with Gasteiger partial charge >= 0.3 is 11.9 Å². The van der Waals surface area contributed by atoms with Crippen molar-refractivity contribution in [2.45, 2.75) is 271 Å². The minimum atomic E-state index is -1.83. The van der Waals surface area contributed by atoms with Gasteiger partial charge in [-0.3, -0.25) is 71.9 Å². The van der Waals surface area contributed by atoms with E-state index in [-0.39, 0.29) is 133 Å². The van der Waals surface area contributed by atoms with Crippen molar-refractivity contribution in [1.82, 2.24) is 84.1 Å². The molecule has 13 amide bonds. The van der Waals surface area contributed by atoms with Gasteiger partial charge in [-0.25, -0.2) is 4.68 Å². The van der Waals surface area contributed by atoms with E-state index in [1.165, 1.54) is 0 Å². The molecule has 788 valence electrons. The number of ether oxygens (including phenoxy) is 3. The standard InChI is InChI=1S/C110H145N19O18/c1-12-51-112-99(133)94(66-97(131)146-69-81-45-30-18-31-46-81)124-110(144)95(67-98(132)147-70-82-47-32-19-33-48-82)125-109(143)93(65-80-43-28-17-29-44-80)123-108(142)92(64-79-41-26-16-27-42-79)122-107(141)91(63-78-39-24-15-25-40-78)121-106(140)90(62-77-37-22-14-23-38-77)120-105(139)89(61-76-35-20-13-21-36-76)119-104(138)88(60-75(10)11)118-103(137)87(59-74(8)9)117-102(136)86(58-73(6)7)116-101(135)85(57-72(4)5)115-100(134)84(56-71(2)3)114-96(130)50-34-49-83-68-129(128-126-83)53-55-145-54-52-113-127-111/h13-33,35-48,68,71-75,84-95H,12,34,49-67,69-70H2,1-11H3,(H,112,133)(H,114,130)(H,115,134)(H,116,135)(H,117,136)(H,118,137)(H,119,138)(H,120,139)(H,121,140)(H,122,141)(H,123,142)(H,124,144)(H,125,143)/t84-,85-,86-,87-,88-,89+,90+,91+,92+,93+,94+,95-/m1/s1. The number of hydrogen-bond donors (Lipinski definition) is 13. The first kappa shape index (κ1) is 117. The van der Waals surface area contributed by atoms with Crippen molar-refractivity contribution in [3.8, 4) is 0 Å². The number of amides is 13. The van der Waals surface area contributed by atoms with Crippen LogP contribution in [0.5, 0.6) is 0 Å². The SMILES string of the molecule is CCCNC(=O)[C@H](CC(=O)OCc1ccccc1)NC(=O)[C@@H](CC(=O)OCc1ccccc1)NC(=O)[C@H](Cc1ccccc1)NC(=O)[C@H](Cc1ccccc1)NC(=O)[C@H](Cc1ccccc1)NC(=O)[C@H](Cc1ccccc1)NC(=O)[C@H](Cc1ccccc1)NC(=O)[C@@H](CC(C)C)NC(=O)[C@@H](CC(C)C)NC(=O)[C@@H](CC(C)C)NC(=O)[C@@H](CC(C)C)NC(=O)[C@@H](CC(C)C)NC(=O)CCCc1cn(CCOCCN=[N+]=[N-])nn1. The van der Waals surface area contributed by atoms with Gasteiger partial charge in [0.2, 0.25) is 76.8 Å². The molecule has 1 aromatic heterocycles. The summed E-state index contributed by atoms with van der Waals surface area (Å²) in [4.78, 5) is 225. The van der Waals surface area contributed by atoms with E-state index in [9.17, 15) is 38.4 Å². The molecule has 0 saturated carbocycles. The van der Waals surface area contributed by atoms with Crippen molar-refractivity contribution < 1.29 is 86.1 Å². The van der Waals surface area contributed by atoms with Crippen LogP contribution < -0.4 is 69.1 Å². The lowest BCUT2D eigenvalue weighted by molar-refractivity contribution is -0.149. The zero-order valence-electron chi connectivity index (χ0n) is 85.9. The minimum Gasteiger partial charge on any atom is -0.461 e. The Morgan fingerprint density at radius 1 is 0.333 bits per heavy atom. The Kier molecular flexibility index (Phi) is 50.5. The molecule has 0 fully saturated rings. The highest BCUT2D eigenvalue weighted by molar-refractivity contribution is 6.01. The fraction of sp³-hybridized carbons (Fsp3) is 0.464. The second-order valence-corrected chi connectivity index (χ2v) is 38.8. The maximum Gasteiger partial charge on any atom is 0.308 e. The van der Waals surface area contributed by atoms with Crippen LogP contribution in [0.25, 0.3) is 10.4 Å². The second kappa shape index (κ2) is 63.3. The summed E-state index contributed by atoms with van der Waals surface area (Å²) in [7, 11) is 0. The molecule has 1 heterocycles. The van der Waals surface area contributed by atoms with Crippen molar-refractivity contribution >= 4 is 88.7 Å². The third kappa shape index (κ3) is 44.2. The largest absolute Gasteiger partial charge is 0.461 e. The van der Waals surface area contributed by atoms with E-state index in [0.29, 0.717) is 77.1 Å². The molecule has 0 unspecified atom stereocenters. The van der Waals surface area contributed by atoms with Crippen molar-refractivity contribution in [2.75, 3.05) is 26.3 Å². The third-order valence-corrected chi connectivity index (χ3v) is 23.6. The molecular formula is C110H145N19O18. The number of nitrogens with one attached hydrogen (secondary N) is 13. The molecule has 0 aliphatic rings. The molecule has 37 nitrogen and oxygen atoms in total. The van der Waals surface area contributed by atoms with E-state index in [1.54, 1.807) is 230 Å².